The van der Waals surface area contributed by atoms with Gasteiger partial charge in [-0.15, -0.1) is 0 Å². The van der Waals surface area contributed by atoms with Gasteiger partial charge < -0.3 is 14.7 Å². The molecular weight excluding hydrogens is 246 g/mol. The molecule has 19 heavy (non-hydrogen) atoms. The van der Waals surface area contributed by atoms with Crippen LogP contribution in [0.1, 0.15) is 48.4 Å². The average Bonchev–Trinajstić information content (AvgIpc) is 3.16. The largest absolute Gasteiger partial charge is 0.360 e. The molecule has 0 radical (unpaired) electrons. The van der Waals surface area contributed by atoms with Crippen molar-refractivity contribution in [2.24, 2.45) is 0 Å². The molecule has 0 spiro atoms. The first-order valence-corrected chi connectivity index (χ1v) is 6.72. The van der Waals surface area contributed by atoms with E-state index in [9.17, 15) is 9.59 Å². The predicted octanol–water partition coefficient (Wildman–Crippen LogP) is 0.903. The molecule has 1 atom stereocenters. The first-order chi connectivity index (χ1) is 9.16. The van der Waals surface area contributed by atoms with E-state index in [0.717, 1.165) is 25.0 Å². The van der Waals surface area contributed by atoms with Crippen molar-refractivity contribution in [1.82, 2.24) is 15.4 Å². The Hall–Kier alpha value is -1.85. The third-order valence-corrected chi connectivity index (χ3v) is 3.71. The molecule has 1 N–H and O–H groups in total. The molecule has 0 unspecified atom stereocenters. The van der Waals surface area contributed by atoms with Crippen LogP contribution >= 0.6 is 0 Å². The van der Waals surface area contributed by atoms with Crippen LogP contribution in [0.2, 0.25) is 0 Å². The fourth-order valence-corrected chi connectivity index (χ4v) is 2.32. The molecule has 2 amide bonds. The van der Waals surface area contributed by atoms with Gasteiger partial charge in [-0.1, -0.05) is 5.16 Å². The van der Waals surface area contributed by atoms with E-state index < -0.39 is 6.04 Å². The Balaban J connectivity index is 1.78. The highest BCUT2D eigenvalue weighted by atomic mass is 16.5. The van der Waals surface area contributed by atoms with Crippen molar-refractivity contribution in [1.29, 1.82) is 0 Å². The van der Waals surface area contributed by atoms with Crippen LogP contribution in [0.3, 0.4) is 0 Å². The van der Waals surface area contributed by atoms with Crippen LogP contribution in [0.5, 0.6) is 0 Å². The minimum atomic E-state index is -0.462. The van der Waals surface area contributed by atoms with Crippen LogP contribution in [-0.2, 0) is 4.79 Å². The van der Waals surface area contributed by atoms with Gasteiger partial charge in [0.1, 0.15) is 11.8 Å². The van der Waals surface area contributed by atoms with Crippen LogP contribution in [0.25, 0.3) is 0 Å². The quantitative estimate of drug-likeness (QED) is 0.860. The molecule has 2 heterocycles. The number of hydrogen-bond donors (Lipinski definition) is 1. The fourth-order valence-electron chi connectivity index (χ4n) is 2.32. The van der Waals surface area contributed by atoms with E-state index in [-0.39, 0.29) is 11.8 Å². The molecular formula is C13H17N3O3. The summed E-state index contributed by atoms with van der Waals surface area (Å²) >= 11 is 0. The van der Waals surface area contributed by atoms with Crippen molar-refractivity contribution in [3.8, 4) is 0 Å². The Morgan fingerprint density at radius 2 is 2.32 bits per heavy atom. The zero-order valence-corrected chi connectivity index (χ0v) is 10.9. The molecule has 6 heteroatoms. The number of nitrogens with one attached hydrogen (secondary N) is 1. The lowest BCUT2D eigenvalue weighted by molar-refractivity contribution is -0.124. The van der Waals surface area contributed by atoms with Crippen LogP contribution in [0.4, 0.5) is 0 Å². The highest BCUT2D eigenvalue weighted by Gasteiger charge is 2.32. The second kappa shape index (κ2) is 4.68. The van der Waals surface area contributed by atoms with Gasteiger partial charge in [0.15, 0.2) is 5.69 Å². The molecule has 6 nitrogen and oxygen atoms in total. The molecule has 1 saturated carbocycles. The summed E-state index contributed by atoms with van der Waals surface area (Å²) in [4.78, 5) is 25.7. The van der Waals surface area contributed by atoms with Gasteiger partial charge in [-0.25, -0.2) is 0 Å². The predicted molar refractivity (Wildman–Crippen MR) is 66.6 cm³/mol. The molecule has 1 saturated heterocycles. The van der Waals surface area contributed by atoms with Crippen molar-refractivity contribution >= 4 is 11.8 Å². The van der Waals surface area contributed by atoms with Crippen molar-refractivity contribution < 1.29 is 14.1 Å². The number of carbonyl (C=O) groups excluding carboxylic acids is 2. The van der Waals surface area contributed by atoms with Crippen molar-refractivity contribution in [2.75, 3.05) is 13.1 Å². The summed E-state index contributed by atoms with van der Waals surface area (Å²) in [6, 6.07) is 1.26. The molecule has 1 aromatic heterocycles. The Kier molecular flexibility index (Phi) is 3.00. The molecule has 0 aromatic carbocycles. The highest BCUT2D eigenvalue weighted by molar-refractivity contribution is 5.96. The molecule has 102 valence electrons. The summed E-state index contributed by atoms with van der Waals surface area (Å²) in [7, 11) is 0. The summed E-state index contributed by atoms with van der Waals surface area (Å²) in [6.45, 7) is 2.91. The number of amides is 2. The van der Waals surface area contributed by atoms with E-state index in [0.29, 0.717) is 24.7 Å². The number of rotatable bonds is 2. The molecule has 0 bridgehead atoms. The van der Waals surface area contributed by atoms with Crippen LogP contribution < -0.4 is 5.32 Å². The first kappa shape index (κ1) is 12.2. The maximum atomic E-state index is 12.4. The van der Waals surface area contributed by atoms with E-state index in [2.05, 4.69) is 10.5 Å². The third kappa shape index (κ3) is 2.34. The topological polar surface area (TPSA) is 75.4 Å². The lowest BCUT2D eigenvalue weighted by Crippen LogP contribution is -2.45. The number of carbonyl (C=O) groups is 2. The van der Waals surface area contributed by atoms with E-state index >= 15 is 0 Å². The summed E-state index contributed by atoms with van der Waals surface area (Å²) in [5, 5.41) is 6.63. The minimum Gasteiger partial charge on any atom is -0.360 e. The van der Waals surface area contributed by atoms with E-state index in [4.69, 9.17) is 4.52 Å². The SMILES string of the molecule is C[C@H]1C(=O)NCCCN1C(=O)c1cc(C2CC2)on1. The number of nitrogens with zero attached hydrogens (tertiary/aromatic N) is 2. The Morgan fingerprint density at radius 1 is 1.53 bits per heavy atom. The standard InChI is InChI=1S/C13H17N3O3/c1-8-12(17)14-5-2-6-16(8)13(18)10-7-11(19-15-10)9-3-4-9/h7-9H,2-6H2,1H3,(H,14,17)/t8-/m0/s1. The Morgan fingerprint density at radius 3 is 3.05 bits per heavy atom. The summed E-state index contributed by atoms with van der Waals surface area (Å²) in [6.07, 6.45) is 2.96. The third-order valence-electron chi connectivity index (χ3n) is 3.71. The maximum Gasteiger partial charge on any atom is 0.276 e. The van der Waals surface area contributed by atoms with Gasteiger partial charge in [0.25, 0.3) is 5.91 Å². The lowest BCUT2D eigenvalue weighted by Gasteiger charge is -2.24. The van der Waals surface area contributed by atoms with Gasteiger partial charge in [-0.3, -0.25) is 9.59 Å². The summed E-state index contributed by atoms with van der Waals surface area (Å²) in [5.74, 6) is 0.881. The second-order valence-corrected chi connectivity index (χ2v) is 5.21. The van der Waals surface area contributed by atoms with Crippen LogP contribution in [-0.4, -0.2) is 41.0 Å². The highest BCUT2D eigenvalue weighted by Crippen LogP contribution is 2.40. The molecule has 2 aliphatic rings. The van der Waals surface area contributed by atoms with Gasteiger partial charge in [-0.05, 0) is 26.2 Å². The molecule has 2 fully saturated rings. The van der Waals surface area contributed by atoms with Gasteiger partial charge in [-0.2, -0.15) is 0 Å². The van der Waals surface area contributed by atoms with E-state index in [1.807, 2.05) is 0 Å². The van der Waals surface area contributed by atoms with Crippen LogP contribution in [0.15, 0.2) is 10.6 Å². The summed E-state index contributed by atoms with van der Waals surface area (Å²) < 4.78 is 5.20. The Bertz CT molecular complexity index is 507. The molecule has 1 aliphatic carbocycles. The summed E-state index contributed by atoms with van der Waals surface area (Å²) in [5.41, 5.74) is 0.309. The minimum absolute atomic E-state index is 0.114. The van der Waals surface area contributed by atoms with Gasteiger partial charge in [0.05, 0.1) is 0 Å². The number of hydrogen-bond acceptors (Lipinski definition) is 4. The fraction of sp³-hybridized carbons (Fsp3) is 0.615. The number of aromatic nitrogens is 1. The van der Waals surface area contributed by atoms with Gasteiger partial charge in [0.2, 0.25) is 5.91 Å². The second-order valence-electron chi connectivity index (χ2n) is 5.21. The van der Waals surface area contributed by atoms with Gasteiger partial charge >= 0.3 is 0 Å². The zero-order chi connectivity index (χ0) is 13.4. The van der Waals surface area contributed by atoms with E-state index in [1.165, 1.54) is 0 Å². The van der Waals surface area contributed by atoms with Crippen molar-refractivity contribution in [2.45, 2.75) is 38.1 Å². The zero-order valence-electron chi connectivity index (χ0n) is 10.9. The average molecular weight is 263 g/mol. The maximum absolute atomic E-state index is 12.4. The lowest BCUT2D eigenvalue weighted by atomic mass is 10.2. The smallest absolute Gasteiger partial charge is 0.276 e. The van der Waals surface area contributed by atoms with E-state index in [1.54, 1.807) is 17.9 Å². The molecule has 1 aliphatic heterocycles. The normalized spacial score (nSPS) is 23.9. The molecule has 1 aromatic rings. The van der Waals surface area contributed by atoms with Crippen molar-refractivity contribution in [3.05, 3.63) is 17.5 Å². The molecule has 3 rings (SSSR count). The first-order valence-electron chi connectivity index (χ1n) is 6.72. The Labute approximate surface area is 111 Å². The monoisotopic (exact) mass is 263 g/mol. The van der Waals surface area contributed by atoms with Crippen molar-refractivity contribution in [3.63, 3.8) is 0 Å². The van der Waals surface area contributed by atoms with Crippen LogP contribution in [0, 0.1) is 0 Å². The van der Waals surface area contributed by atoms with Gasteiger partial charge in [0, 0.05) is 25.1 Å².